The largest absolute Gasteiger partial charge is 0.481 e. The second-order valence-corrected chi connectivity index (χ2v) is 8.40. The third-order valence-corrected chi connectivity index (χ3v) is 7.28. The van der Waals surface area contributed by atoms with E-state index in [2.05, 4.69) is 6.58 Å². The van der Waals surface area contributed by atoms with Crippen LogP contribution in [0.3, 0.4) is 0 Å². The monoisotopic (exact) mass is 330 g/mol. The second-order valence-electron chi connectivity index (χ2n) is 8.40. The van der Waals surface area contributed by atoms with Crippen LogP contribution in [0.2, 0.25) is 0 Å². The molecule has 0 radical (unpaired) electrons. The van der Waals surface area contributed by atoms with E-state index in [-0.39, 0.29) is 18.1 Å². The van der Waals surface area contributed by atoms with Crippen LogP contribution >= 0.6 is 0 Å². The fourth-order valence-corrected chi connectivity index (χ4v) is 6.39. The summed E-state index contributed by atoms with van der Waals surface area (Å²) in [6.07, 6.45) is 4.67. The van der Waals surface area contributed by atoms with Crippen LogP contribution in [0, 0.1) is 34.5 Å². The Balaban J connectivity index is 1.94. The number of hydrogen-bond acceptors (Lipinski definition) is 3. The highest BCUT2D eigenvalue weighted by Gasteiger charge is 2.69. The van der Waals surface area contributed by atoms with E-state index in [1.54, 1.807) is 13.0 Å². The highest BCUT2D eigenvalue weighted by atomic mass is 16.4. The predicted octanol–water partition coefficient (Wildman–Crippen LogP) is 2.67. The summed E-state index contributed by atoms with van der Waals surface area (Å²) in [5.41, 5.74) is 0.0994. The summed E-state index contributed by atoms with van der Waals surface area (Å²) in [7, 11) is 0. The molecule has 0 saturated heterocycles. The molecule has 0 unspecified atom stereocenters. The number of allylic oxidation sites excluding steroid dienone is 3. The molecule has 3 fully saturated rings. The van der Waals surface area contributed by atoms with Crippen molar-refractivity contribution in [1.29, 1.82) is 0 Å². The van der Waals surface area contributed by atoms with Crippen molar-refractivity contribution in [1.82, 2.24) is 0 Å². The standard InChI is InChI=1S/C19H22O5/c1-9-6-19-7-10(9)3-4-13(19)12-5-11(20)8-18(2,17(23)24)14(12)15(19)16(21)22/h5,10,13-15H,1,3-4,6-8H2,2H3,(H,21,22)(H,23,24)/t10-,13+,14-,15-,18-,19+/m1/s1. The van der Waals surface area contributed by atoms with Gasteiger partial charge in [-0.05, 0) is 55.9 Å². The van der Waals surface area contributed by atoms with E-state index in [1.165, 1.54) is 0 Å². The molecule has 128 valence electrons. The SMILES string of the molecule is C=C1C[C@]23C[C@H]1CC[C@H]2C1=CC(=O)C[C@@](C)(C(=O)O)[C@H]1[C@@H]3C(=O)O. The molecular weight excluding hydrogens is 308 g/mol. The van der Waals surface area contributed by atoms with Gasteiger partial charge in [0.25, 0.3) is 0 Å². The molecular formula is C19H22O5. The minimum atomic E-state index is -1.34. The van der Waals surface area contributed by atoms with E-state index in [0.29, 0.717) is 12.3 Å². The number of ketones is 1. The van der Waals surface area contributed by atoms with Crippen molar-refractivity contribution < 1.29 is 24.6 Å². The molecule has 2 bridgehead atoms. The lowest BCUT2D eigenvalue weighted by atomic mass is 9.61. The number of fused-ring (bicyclic) bond motifs is 3. The third kappa shape index (κ3) is 1.68. The summed E-state index contributed by atoms with van der Waals surface area (Å²) in [6, 6.07) is 0. The Hall–Kier alpha value is -1.91. The van der Waals surface area contributed by atoms with E-state index in [4.69, 9.17) is 0 Å². The smallest absolute Gasteiger partial charge is 0.310 e. The van der Waals surface area contributed by atoms with Crippen LogP contribution < -0.4 is 0 Å². The molecule has 4 aliphatic carbocycles. The van der Waals surface area contributed by atoms with Crippen molar-refractivity contribution in [2.75, 3.05) is 0 Å². The molecule has 2 N–H and O–H groups in total. The van der Waals surface area contributed by atoms with E-state index in [1.807, 2.05) is 0 Å². The lowest BCUT2D eigenvalue weighted by molar-refractivity contribution is -0.160. The molecule has 0 heterocycles. The van der Waals surface area contributed by atoms with E-state index in [0.717, 1.165) is 30.4 Å². The summed E-state index contributed by atoms with van der Waals surface area (Å²) in [5.74, 6) is -3.18. The topological polar surface area (TPSA) is 91.7 Å². The summed E-state index contributed by atoms with van der Waals surface area (Å²) in [4.78, 5) is 36.5. The van der Waals surface area contributed by atoms with Crippen LogP contribution in [0.5, 0.6) is 0 Å². The van der Waals surface area contributed by atoms with Crippen LogP contribution in [0.1, 0.15) is 39.0 Å². The highest BCUT2D eigenvalue weighted by molar-refractivity contribution is 5.97. The fraction of sp³-hybridized carbons (Fsp3) is 0.632. The number of hydrogen-bond donors (Lipinski definition) is 2. The Labute approximate surface area is 140 Å². The maximum atomic E-state index is 12.3. The average Bonchev–Trinajstić information content (AvgIpc) is 2.90. The van der Waals surface area contributed by atoms with Gasteiger partial charge in [0.05, 0.1) is 11.3 Å². The first-order chi connectivity index (χ1) is 11.2. The molecule has 6 atom stereocenters. The van der Waals surface area contributed by atoms with Crippen LogP contribution in [0.4, 0.5) is 0 Å². The molecule has 0 aromatic heterocycles. The van der Waals surface area contributed by atoms with Crippen LogP contribution in [0.25, 0.3) is 0 Å². The van der Waals surface area contributed by atoms with Crippen molar-refractivity contribution in [3.8, 4) is 0 Å². The Bertz CT molecular complexity index is 719. The average molecular weight is 330 g/mol. The molecule has 3 saturated carbocycles. The lowest BCUT2D eigenvalue weighted by Gasteiger charge is -2.40. The van der Waals surface area contributed by atoms with Crippen molar-refractivity contribution in [3.63, 3.8) is 0 Å². The van der Waals surface area contributed by atoms with Crippen molar-refractivity contribution in [3.05, 3.63) is 23.8 Å². The van der Waals surface area contributed by atoms with E-state index >= 15 is 0 Å². The minimum Gasteiger partial charge on any atom is -0.481 e. The van der Waals surface area contributed by atoms with Crippen LogP contribution in [-0.4, -0.2) is 27.9 Å². The molecule has 5 heteroatoms. The van der Waals surface area contributed by atoms with E-state index in [9.17, 15) is 24.6 Å². The molecule has 4 aliphatic rings. The van der Waals surface area contributed by atoms with Gasteiger partial charge in [-0.2, -0.15) is 0 Å². The zero-order valence-corrected chi connectivity index (χ0v) is 13.7. The Morgan fingerprint density at radius 2 is 1.96 bits per heavy atom. The molecule has 0 aliphatic heterocycles. The third-order valence-electron chi connectivity index (χ3n) is 7.28. The summed E-state index contributed by atoms with van der Waals surface area (Å²) in [5, 5.41) is 19.9. The number of carboxylic acid groups (broad SMARTS) is 2. The number of carbonyl (C=O) groups is 3. The molecule has 5 nitrogen and oxygen atoms in total. The van der Waals surface area contributed by atoms with E-state index < -0.39 is 34.6 Å². The molecule has 0 amide bonds. The van der Waals surface area contributed by atoms with Gasteiger partial charge in [-0.3, -0.25) is 14.4 Å². The Morgan fingerprint density at radius 1 is 1.25 bits per heavy atom. The quantitative estimate of drug-likeness (QED) is 0.760. The Morgan fingerprint density at radius 3 is 2.58 bits per heavy atom. The van der Waals surface area contributed by atoms with Crippen molar-refractivity contribution >= 4 is 17.7 Å². The first-order valence-corrected chi connectivity index (χ1v) is 8.59. The zero-order valence-electron chi connectivity index (χ0n) is 13.7. The Kier molecular flexibility index (Phi) is 2.98. The van der Waals surface area contributed by atoms with Crippen LogP contribution in [-0.2, 0) is 14.4 Å². The lowest BCUT2D eigenvalue weighted by Crippen LogP contribution is -2.46. The number of carbonyl (C=O) groups excluding carboxylic acids is 1. The minimum absolute atomic E-state index is 0.00187. The van der Waals surface area contributed by atoms with Gasteiger partial charge in [-0.15, -0.1) is 0 Å². The maximum Gasteiger partial charge on any atom is 0.310 e. The first kappa shape index (κ1) is 15.6. The molecule has 1 spiro atoms. The molecule has 0 aromatic rings. The summed E-state index contributed by atoms with van der Waals surface area (Å²) >= 11 is 0. The summed E-state index contributed by atoms with van der Waals surface area (Å²) < 4.78 is 0. The van der Waals surface area contributed by atoms with Gasteiger partial charge in [0.15, 0.2) is 5.78 Å². The van der Waals surface area contributed by atoms with Gasteiger partial charge in [0.2, 0.25) is 0 Å². The maximum absolute atomic E-state index is 12.3. The van der Waals surface area contributed by atoms with Crippen molar-refractivity contribution in [2.45, 2.75) is 39.0 Å². The van der Waals surface area contributed by atoms with Crippen molar-refractivity contribution in [2.24, 2.45) is 34.5 Å². The van der Waals surface area contributed by atoms with Gasteiger partial charge < -0.3 is 10.2 Å². The second kappa shape index (κ2) is 4.58. The van der Waals surface area contributed by atoms with Gasteiger partial charge in [0, 0.05) is 12.3 Å². The van der Waals surface area contributed by atoms with Gasteiger partial charge in [-0.25, -0.2) is 0 Å². The first-order valence-electron chi connectivity index (χ1n) is 8.59. The summed E-state index contributed by atoms with van der Waals surface area (Å²) in [6.45, 7) is 5.71. The highest BCUT2D eigenvalue weighted by Crippen LogP contribution is 2.72. The molecule has 24 heavy (non-hydrogen) atoms. The van der Waals surface area contributed by atoms with Gasteiger partial charge in [-0.1, -0.05) is 17.7 Å². The fourth-order valence-electron chi connectivity index (χ4n) is 6.39. The molecule has 4 rings (SSSR count). The van der Waals surface area contributed by atoms with Crippen LogP contribution in [0.15, 0.2) is 23.8 Å². The zero-order chi connectivity index (χ0) is 17.4. The molecule has 0 aromatic carbocycles. The predicted molar refractivity (Wildman–Crippen MR) is 85.1 cm³/mol. The van der Waals surface area contributed by atoms with Gasteiger partial charge in [0.1, 0.15) is 0 Å². The number of carboxylic acids is 2. The normalized spacial score (nSPS) is 46.3. The number of rotatable bonds is 2. The van der Waals surface area contributed by atoms with Gasteiger partial charge >= 0.3 is 11.9 Å². The number of aliphatic carboxylic acids is 2.